The lowest BCUT2D eigenvalue weighted by molar-refractivity contribution is 0.750. The Hall–Kier alpha value is -3.32. The summed E-state index contributed by atoms with van der Waals surface area (Å²) < 4.78 is 1.64. The number of benzene rings is 1. The third kappa shape index (κ3) is 3.64. The minimum Gasteiger partial charge on any atom is -0.354 e. The highest BCUT2D eigenvalue weighted by Crippen LogP contribution is 2.31. The molecular weight excluding hydrogens is 400 g/mol. The van der Waals surface area contributed by atoms with Crippen LogP contribution in [0.2, 0.25) is 5.02 Å². The van der Waals surface area contributed by atoms with Gasteiger partial charge in [0.05, 0.1) is 17.6 Å². The second kappa shape index (κ2) is 8.20. The molecule has 0 amide bonds. The van der Waals surface area contributed by atoms with Crippen molar-refractivity contribution in [3.63, 3.8) is 0 Å². The SMILES string of the molecule is CCNc1ncc2cc(-c3ccc(-c4cncc(C)n4)cc3Cl)c(=O)n(CC)c2n1. The molecule has 4 rings (SSSR count). The maximum atomic E-state index is 13.2. The molecule has 0 saturated heterocycles. The van der Waals surface area contributed by atoms with Gasteiger partial charge in [-0.1, -0.05) is 23.7 Å². The summed E-state index contributed by atoms with van der Waals surface area (Å²) in [6.07, 6.45) is 5.11. The van der Waals surface area contributed by atoms with Crippen molar-refractivity contribution < 1.29 is 0 Å². The Kier molecular flexibility index (Phi) is 5.46. The van der Waals surface area contributed by atoms with Gasteiger partial charge in [0.25, 0.3) is 5.56 Å². The Morgan fingerprint density at radius 2 is 1.90 bits per heavy atom. The minimum absolute atomic E-state index is 0.142. The van der Waals surface area contributed by atoms with Gasteiger partial charge in [0.15, 0.2) is 0 Å². The zero-order chi connectivity index (χ0) is 21.3. The van der Waals surface area contributed by atoms with E-state index in [0.29, 0.717) is 40.8 Å². The number of aryl methyl sites for hydroxylation is 2. The van der Waals surface area contributed by atoms with Gasteiger partial charge in [0, 0.05) is 52.6 Å². The van der Waals surface area contributed by atoms with E-state index >= 15 is 0 Å². The van der Waals surface area contributed by atoms with E-state index < -0.39 is 0 Å². The smallest absolute Gasteiger partial charge is 0.260 e. The van der Waals surface area contributed by atoms with Crippen LogP contribution >= 0.6 is 11.6 Å². The van der Waals surface area contributed by atoms with E-state index in [0.717, 1.165) is 22.3 Å². The molecule has 0 fully saturated rings. The van der Waals surface area contributed by atoms with Gasteiger partial charge in [0.2, 0.25) is 5.95 Å². The number of fused-ring (bicyclic) bond motifs is 1. The molecule has 0 aliphatic heterocycles. The summed E-state index contributed by atoms with van der Waals surface area (Å²) in [5, 5.41) is 4.33. The van der Waals surface area contributed by atoms with Gasteiger partial charge in [0.1, 0.15) is 5.65 Å². The van der Waals surface area contributed by atoms with Crippen LogP contribution in [0.25, 0.3) is 33.4 Å². The van der Waals surface area contributed by atoms with Crippen LogP contribution in [-0.4, -0.2) is 31.0 Å². The van der Waals surface area contributed by atoms with Crippen LogP contribution in [0, 0.1) is 6.92 Å². The van der Waals surface area contributed by atoms with E-state index in [1.807, 2.05) is 39.0 Å². The highest BCUT2D eigenvalue weighted by Gasteiger charge is 2.15. The normalized spacial score (nSPS) is 11.1. The van der Waals surface area contributed by atoms with Crippen LogP contribution in [0.15, 0.2) is 47.7 Å². The molecule has 0 unspecified atom stereocenters. The minimum atomic E-state index is -0.142. The molecule has 3 aromatic heterocycles. The van der Waals surface area contributed by atoms with Gasteiger partial charge < -0.3 is 5.32 Å². The maximum absolute atomic E-state index is 13.2. The number of pyridine rings is 1. The molecule has 4 aromatic rings. The molecule has 0 saturated carbocycles. The van der Waals surface area contributed by atoms with E-state index in [9.17, 15) is 4.79 Å². The van der Waals surface area contributed by atoms with Gasteiger partial charge in [-0.3, -0.25) is 14.3 Å². The molecule has 0 aliphatic carbocycles. The number of nitrogens with one attached hydrogen (secondary N) is 1. The van der Waals surface area contributed by atoms with Gasteiger partial charge in [-0.2, -0.15) is 4.98 Å². The number of nitrogens with zero attached hydrogens (tertiary/aromatic N) is 5. The molecule has 1 aromatic carbocycles. The van der Waals surface area contributed by atoms with Crippen molar-refractivity contribution in [1.29, 1.82) is 0 Å². The molecule has 3 heterocycles. The third-order valence-corrected chi connectivity index (χ3v) is 5.10. The quantitative estimate of drug-likeness (QED) is 0.517. The summed E-state index contributed by atoms with van der Waals surface area (Å²) in [6, 6.07) is 7.35. The number of hydrogen-bond acceptors (Lipinski definition) is 6. The summed E-state index contributed by atoms with van der Waals surface area (Å²) in [6.45, 7) is 6.96. The van der Waals surface area contributed by atoms with Crippen molar-refractivity contribution in [3.05, 3.63) is 63.9 Å². The average molecular weight is 421 g/mol. The zero-order valence-corrected chi connectivity index (χ0v) is 17.7. The highest BCUT2D eigenvalue weighted by atomic mass is 35.5. The Labute approximate surface area is 178 Å². The average Bonchev–Trinajstić information content (AvgIpc) is 2.74. The standard InChI is InChI=1S/C22H21ClN6O/c1-4-25-22-26-11-15-8-17(21(30)29(5-2)20(15)28-22)16-7-6-14(9-18(16)23)19-12-24-10-13(3)27-19/h6-12H,4-5H2,1-3H3,(H,25,26,28). The van der Waals surface area contributed by atoms with Crippen molar-refractivity contribution in [2.75, 3.05) is 11.9 Å². The lowest BCUT2D eigenvalue weighted by Crippen LogP contribution is -2.22. The second-order valence-corrected chi connectivity index (χ2v) is 7.26. The van der Waals surface area contributed by atoms with Crippen LogP contribution in [0.3, 0.4) is 0 Å². The topological polar surface area (TPSA) is 85.6 Å². The van der Waals surface area contributed by atoms with Crippen molar-refractivity contribution in [2.45, 2.75) is 27.3 Å². The molecule has 8 heteroatoms. The van der Waals surface area contributed by atoms with Crippen LogP contribution in [0.1, 0.15) is 19.5 Å². The second-order valence-electron chi connectivity index (χ2n) is 6.85. The van der Waals surface area contributed by atoms with Crippen molar-refractivity contribution in [2.24, 2.45) is 0 Å². The number of anilines is 1. The fourth-order valence-corrected chi connectivity index (χ4v) is 3.67. The van der Waals surface area contributed by atoms with Crippen molar-refractivity contribution >= 4 is 28.6 Å². The first-order valence-electron chi connectivity index (χ1n) is 9.75. The first kappa shape index (κ1) is 20.0. The van der Waals surface area contributed by atoms with Gasteiger partial charge in [-0.25, -0.2) is 9.97 Å². The van der Waals surface area contributed by atoms with E-state index in [1.54, 1.807) is 29.2 Å². The molecule has 7 nitrogen and oxygen atoms in total. The Morgan fingerprint density at radius 1 is 1.07 bits per heavy atom. The third-order valence-electron chi connectivity index (χ3n) is 4.79. The van der Waals surface area contributed by atoms with E-state index in [4.69, 9.17) is 11.6 Å². The van der Waals surface area contributed by atoms with E-state index in [-0.39, 0.29) is 5.56 Å². The molecule has 0 radical (unpaired) electrons. The fraction of sp³-hybridized carbons (Fsp3) is 0.227. The van der Waals surface area contributed by atoms with Crippen LogP contribution < -0.4 is 10.9 Å². The summed E-state index contributed by atoms with van der Waals surface area (Å²) in [5.74, 6) is 0.501. The fourth-order valence-electron chi connectivity index (χ4n) is 3.38. The van der Waals surface area contributed by atoms with Crippen LogP contribution in [0.5, 0.6) is 0 Å². The largest absolute Gasteiger partial charge is 0.354 e. The maximum Gasteiger partial charge on any atom is 0.260 e. The van der Waals surface area contributed by atoms with Crippen molar-refractivity contribution in [1.82, 2.24) is 24.5 Å². The number of rotatable bonds is 5. The summed E-state index contributed by atoms with van der Waals surface area (Å²) in [4.78, 5) is 30.8. The lowest BCUT2D eigenvalue weighted by Gasteiger charge is -2.13. The van der Waals surface area contributed by atoms with Crippen LogP contribution in [0.4, 0.5) is 5.95 Å². The Balaban J connectivity index is 1.86. The summed E-state index contributed by atoms with van der Waals surface area (Å²) in [5.41, 5.74) is 4.02. The summed E-state index contributed by atoms with van der Waals surface area (Å²) >= 11 is 6.60. The van der Waals surface area contributed by atoms with Crippen LogP contribution in [-0.2, 0) is 6.54 Å². The highest BCUT2D eigenvalue weighted by molar-refractivity contribution is 6.33. The first-order valence-corrected chi connectivity index (χ1v) is 10.1. The summed E-state index contributed by atoms with van der Waals surface area (Å²) in [7, 11) is 0. The zero-order valence-electron chi connectivity index (χ0n) is 17.0. The molecule has 0 spiro atoms. The first-order chi connectivity index (χ1) is 14.5. The predicted octanol–water partition coefficient (Wildman–Crippen LogP) is 4.33. The van der Waals surface area contributed by atoms with Gasteiger partial charge in [-0.15, -0.1) is 0 Å². The van der Waals surface area contributed by atoms with E-state index in [1.165, 1.54) is 0 Å². The lowest BCUT2D eigenvalue weighted by atomic mass is 10.0. The van der Waals surface area contributed by atoms with Gasteiger partial charge >= 0.3 is 0 Å². The van der Waals surface area contributed by atoms with Gasteiger partial charge in [-0.05, 0) is 32.9 Å². The number of aromatic nitrogens is 5. The number of hydrogen-bond donors (Lipinski definition) is 1. The van der Waals surface area contributed by atoms with E-state index in [2.05, 4.69) is 25.3 Å². The Bertz CT molecular complexity index is 1300. The van der Waals surface area contributed by atoms with Crippen molar-refractivity contribution in [3.8, 4) is 22.4 Å². The molecule has 1 N–H and O–H groups in total. The predicted molar refractivity (Wildman–Crippen MR) is 120 cm³/mol. The molecule has 0 aliphatic rings. The molecule has 30 heavy (non-hydrogen) atoms. The number of halogens is 1. The molecule has 0 bridgehead atoms. The Morgan fingerprint density at radius 3 is 2.60 bits per heavy atom. The monoisotopic (exact) mass is 420 g/mol. The molecule has 152 valence electrons. The molecule has 0 atom stereocenters. The molecular formula is C22H21ClN6O.